The number of imidazole rings is 1. The van der Waals surface area contributed by atoms with Gasteiger partial charge in [0.2, 0.25) is 5.91 Å². The molecule has 0 saturated heterocycles. The smallest absolute Gasteiger partial charge is 0.227 e. The number of halogens is 2. The van der Waals surface area contributed by atoms with Crippen LogP contribution < -0.4 is 5.32 Å². The fraction of sp³-hybridized carbons (Fsp3) is 0.176. The second kappa shape index (κ2) is 5.55. The lowest BCUT2D eigenvalue weighted by atomic mass is 10.2. The van der Waals surface area contributed by atoms with E-state index in [2.05, 4.69) is 10.3 Å². The van der Waals surface area contributed by atoms with E-state index >= 15 is 0 Å². The highest BCUT2D eigenvalue weighted by molar-refractivity contribution is 6.42. The fourth-order valence-electron chi connectivity index (χ4n) is 2.45. The van der Waals surface area contributed by atoms with Gasteiger partial charge in [-0.05, 0) is 37.1 Å². The van der Waals surface area contributed by atoms with Gasteiger partial charge in [0.25, 0.3) is 0 Å². The third-order valence-electron chi connectivity index (χ3n) is 3.88. The standard InChI is InChI=1S/C17H13Cl2N3O/c18-13-5-3-11(7-14(13)19)15-9-22-8-12(4-6-16(22)21-15)20-17(23)10-1-2-10/h3-10H,1-2H2,(H,20,23). The van der Waals surface area contributed by atoms with Gasteiger partial charge in [0.05, 0.1) is 21.4 Å². The number of carbonyl (C=O) groups excluding carboxylic acids is 1. The summed E-state index contributed by atoms with van der Waals surface area (Å²) < 4.78 is 1.89. The predicted molar refractivity (Wildman–Crippen MR) is 92.0 cm³/mol. The number of amides is 1. The van der Waals surface area contributed by atoms with E-state index in [4.69, 9.17) is 23.2 Å². The monoisotopic (exact) mass is 345 g/mol. The summed E-state index contributed by atoms with van der Waals surface area (Å²) in [5.74, 6) is 0.273. The number of nitrogens with one attached hydrogen (secondary N) is 1. The molecule has 1 aliphatic rings. The molecule has 0 radical (unpaired) electrons. The lowest BCUT2D eigenvalue weighted by Gasteiger charge is -2.04. The molecule has 6 heteroatoms. The molecule has 1 N–H and O–H groups in total. The number of nitrogens with zero attached hydrogens (tertiary/aromatic N) is 2. The molecule has 4 rings (SSSR count). The number of rotatable bonds is 3. The number of pyridine rings is 1. The van der Waals surface area contributed by atoms with Gasteiger partial charge in [0.1, 0.15) is 5.65 Å². The number of hydrogen-bond acceptors (Lipinski definition) is 2. The van der Waals surface area contributed by atoms with Crippen molar-refractivity contribution < 1.29 is 4.79 Å². The maximum absolute atomic E-state index is 11.8. The molecule has 23 heavy (non-hydrogen) atoms. The minimum Gasteiger partial charge on any atom is -0.325 e. The quantitative estimate of drug-likeness (QED) is 0.750. The molecule has 1 aromatic carbocycles. The Kier molecular flexibility index (Phi) is 3.51. The van der Waals surface area contributed by atoms with Crippen LogP contribution in [0.5, 0.6) is 0 Å². The molecule has 0 bridgehead atoms. The normalized spacial score (nSPS) is 14.2. The molecule has 0 atom stereocenters. The van der Waals surface area contributed by atoms with E-state index in [0.29, 0.717) is 10.0 Å². The van der Waals surface area contributed by atoms with E-state index in [9.17, 15) is 4.79 Å². The minimum absolute atomic E-state index is 0.0918. The van der Waals surface area contributed by atoms with Crippen molar-refractivity contribution in [3.63, 3.8) is 0 Å². The molecule has 0 aliphatic heterocycles. The predicted octanol–water partition coefficient (Wildman–Crippen LogP) is 4.66. The Morgan fingerprint density at radius 1 is 1.13 bits per heavy atom. The van der Waals surface area contributed by atoms with Crippen LogP contribution in [0.1, 0.15) is 12.8 Å². The topological polar surface area (TPSA) is 46.4 Å². The largest absolute Gasteiger partial charge is 0.325 e. The molecule has 1 saturated carbocycles. The van der Waals surface area contributed by atoms with Gasteiger partial charge in [0.15, 0.2) is 0 Å². The maximum Gasteiger partial charge on any atom is 0.227 e. The van der Waals surface area contributed by atoms with Crippen molar-refractivity contribution in [2.24, 2.45) is 5.92 Å². The van der Waals surface area contributed by atoms with Crippen LogP contribution in [0.4, 0.5) is 5.69 Å². The van der Waals surface area contributed by atoms with Crippen molar-refractivity contribution in [2.75, 3.05) is 5.32 Å². The minimum atomic E-state index is 0.0918. The van der Waals surface area contributed by atoms with E-state index in [1.54, 1.807) is 12.1 Å². The van der Waals surface area contributed by atoms with Crippen LogP contribution in [0.2, 0.25) is 10.0 Å². The van der Waals surface area contributed by atoms with E-state index in [1.807, 2.05) is 35.0 Å². The summed E-state index contributed by atoms with van der Waals surface area (Å²) in [4.78, 5) is 16.4. The Labute approximate surface area is 143 Å². The first-order chi connectivity index (χ1) is 11.1. The molecule has 0 spiro atoms. The summed E-state index contributed by atoms with van der Waals surface area (Å²) >= 11 is 12.0. The van der Waals surface area contributed by atoms with Crippen molar-refractivity contribution >= 4 is 40.4 Å². The van der Waals surface area contributed by atoms with Crippen molar-refractivity contribution in [2.45, 2.75) is 12.8 Å². The van der Waals surface area contributed by atoms with E-state index < -0.39 is 0 Å². The molecule has 3 aromatic rings. The number of aromatic nitrogens is 2. The third kappa shape index (κ3) is 2.92. The van der Waals surface area contributed by atoms with Crippen molar-refractivity contribution in [3.05, 3.63) is 52.8 Å². The molecular formula is C17H13Cl2N3O. The number of fused-ring (bicyclic) bond motifs is 1. The summed E-state index contributed by atoms with van der Waals surface area (Å²) in [6.07, 6.45) is 5.74. The van der Waals surface area contributed by atoms with E-state index in [1.165, 1.54) is 0 Å². The van der Waals surface area contributed by atoms with Crippen LogP contribution in [0.25, 0.3) is 16.9 Å². The molecule has 2 aromatic heterocycles. The number of anilines is 1. The molecule has 2 heterocycles. The highest BCUT2D eigenvalue weighted by atomic mass is 35.5. The maximum atomic E-state index is 11.8. The Balaban J connectivity index is 1.66. The van der Waals surface area contributed by atoms with Crippen molar-refractivity contribution in [1.29, 1.82) is 0 Å². The highest BCUT2D eigenvalue weighted by Crippen LogP contribution is 2.31. The van der Waals surface area contributed by atoms with Gasteiger partial charge >= 0.3 is 0 Å². The van der Waals surface area contributed by atoms with Crippen LogP contribution >= 0.6 is 23.2 Å². The highest BCUT2D eigenvalue weighted by Gasteiger charge is 2.29. The van der Waals surface area contributed by atoms with Crippen LogP contribution in [0.3, 0.4) is 0 Å². The third-order valence-corrected chi connectivity index (χ3v) is 4.62. The number of benzene rings is 1. The molecule has 1 aliphatic carbocycles. The van der Waals surface area contributed by atoms with Crippen LogP contribution in [-0.4, -0.2) is 15.3 Å². The zero-order valence-corrected chi connectivity index (χ0v) is 13.6. The molecule has 0 unspecified atom stereocenters. The van der Waals surface area contributed by atoms with E-state index in [0.717, 1.165) is 35.4 Å². The first-order valence-corrected chi connectivity index (χ1v) is 8.11. The van der Waals surface area contributed by atoms with Crippen molar-refractivity contribution in [3.8, 4) is 11.3 Å². The van der Waals surface area contributed by atoms with Crippen LogP contribution in [-0.2, 0) is 4.79 Å². The Morgan fingerprint density at radius 2 is 1.96 bits per heavy atom. The van der Waals surface area contributed by atoms with Gasteiger partial charge in [-0.3, -0.25) is 4.79 Å². The molecule has 1 fully saturated rings. The average Bonchev–Trinajstić information content (AvgIpc) is 3.30. The summed E-state index contributed by atoms with van der Waals surface area (Å²) in [5, 5.41) is 3.95. The summed E-state index contributed by atoms with van der Waals surface area (Å²) in [6.45, 7) is 0. The first kappa shape index (κ1) is 14.5. The van der Waals surface area contributed by atoms with E-state index in [-0.39, 0.29) is 11.8 Å². The summed E-state index contributed by atoms with van der Waals surface area (Å²) in [6, 6.07) is 9.17. The summed E-state index contributed by atoms with van der Waals surface area (Å²) in [7, 11) is 0. The Bertz CT molecular complexity index is 915. The Hall–Kier alpha value is -2.04. The Morgan fingerprint density at radius 3 is 2.70 bits per heavy atom. The second-order valence-corrected chi connectivity index (χ2v) is 6.52. The number of carbonyl (C=O) groups is 1. The SMILES string of the molecule is O=C(Nc1ccc2nc(-c3ccc(Cl)c(Cl)c3)cn2c1)C1CC1. The van der Waals surface area contributed by atoms with Crippen LogP contribution in [0, 0.1) is 5.92 Å². The second-order valence-electron chi connectivity index (χ2n) is 5.70. The lowest BCUT2D eigenvalue weighted by molar-refractivity contribution is -0.117. The molecule has 116 valence electrons. The van der Waals surface area contributed by atoms with Crippen LogP contribution in [0.15, 0.2) is 42.7 Å². The fourth-order valence-corrected chi connectivity index (χ4v) is 2.75. The molecule has 1 amide bonds. The van der Waals surface area contributed by atoms with Gasteiger partial charge < -0.3 is 9.72 Å². The van der Waals surface area contributed by atoms with Gasteiger partial charge in [0, 0.05) is 23.9 Å². The van der Waals surface area contributed by atoms with Gasteiger partial charge in [-0.2, -0.15) is 0 Å². The molecular weight excluding hydrogens is 333 g/mol. The van der Waals surface area contributed by atoms with Gasteiger partial charge in [-0.25, -0.2) is 4.98 Å². The molecule has 4 nitrogen and oxygen atoms in total. The van der Waals surface area contributed by atoms with Gasteiger partial charge in [-0.1, -0.05) is 29.3 Å². The number of hydrogen-bond donors (Lipinski definition) is 1. The lowest BCUT2D eigenvalue weighted by Crippen LogP contribution is -2.13. The average molecular weight is 346 g/mol. The summed E-state index contributed by atoms with van der Waals surface area (Å²) in [5.41, 5.74) is 3.27. The zero-order chi connectivity index (χ0) is 16.0. The van der Waals surface area contributed by atoms with Crippen molar-refractivity contribution in [1.82, 2.24) is 9.38 Å². The first-order valence-electron chi connectivity index (χ1n) is 7.35. The van der Waals surface area contributed by atoms with Gasteiger partial charge in [-0.15, -0.1) is 0 Å². The zero-order valence-electron chi connectivity index (χ0n) is 12.1.